The van der Waals surface area contributed by atoms with Gasteiger partial charge in [-0.1, -0.05) is 0 Å². The lowest BCUT2D eigenvalue weighted by atomic mass is 10.2. The number of benzene rings is 1. The molecule has 0 radical (unpaired) electrons. The molecule has 0 aliphatic rings. The predicted octanol–water partition coefficient (Wildman–Crippen LogP) is 0.647. The fourth-order valence-corrected chi connectivity index (χ4v) is 1.27. The van der Waals surface area contributed by atoms with E-state index in [0.29, 0.717) is 16.7 Å². The van der Waals surface area contributed by atoms with Crippen LogP contribution in [0.2, 0.25) is 0 Å². The molecule has 1 aromatic carbocycles. The summed E-state index contributed by atoms with van der Waals surface area (Å²) < 4.78 is 4.96. The molecule has 0 saturated carbocycles. The highest BCUT2D eigenvalue weighted by atomic mass is 35.5. The average Bonchev–Trinajstić information content (AvgIpc) is 2.17. The molecule has 2 aromatic rings. The Labute approximate surface area is 90.5 Å². The maximum atomic E-state index is 11.3. The van der Waals surface area contributed by atoms with Crippen LogP contribution < -0.4 is 16.0 Å². The lowest BCUT2D eigenvalue weighted by Crippen LogP contribution is -2.21. The minimum atomic E-state index is -0.507. The van der Waals surface area contributed by atoms with E-state index in [9.17, 15) is 9.59 Å². The number of methoxy groups -OCH3 is 1. The van der Waals surface area contributed by atoms with Crippen molar-refractivity contribution < 1.29 is 4.74 Å². The van der Waals surface area contributed by atoms with Gasteiger partial charge in [0.15, 0.2) is 0 Å². The van der Waals surface area contributed by atoms with Crippen LogP contribution in [0.25, 0.3) is 10.9 Å². The number of aromatic amines is 2. The summed E-state index contributed by atoms with van der Waals surface area (Å²) in [7, 11) is 1.51. The normalized spacial score (nSPS) is 9.67. The molecule has 80 valence electrons. The smallest absolute Gasteiger partial charge is 0.326 e. The van der Waals surface area contributed by atoms with Gasteiger partial charge in [0.1, 0.15) is 5.75 Å². The molecule has 0 saturated heterocycles. The van der Waals surface area contributed by atoms with Gasteiger partial charge in [-0.15, -0.1) is 12.4 Å². The van der Waals surface area contributed by atoms with Crippen LogP contribution >= 0.6 is 12.4 Å². The van der Waals surface area contributed by atoms with Crippen molar-refractivity contribution in [1.82, 2.24) is 9.97 Å². The first-order valence-corrected chi connectivity index (χ1v) is 4.01. The molecule has 0 bridgehead atoms. The van der Waals surface area contributed by atoms with E-state index in [1.54, 1.807) is 18.2 Å². The third kappa shape index (κ3) is 2.02. The Bertz CT molecular complexity index is 588. The summed E-state index contributed by atoms with van der Waals surface area (Å²) in [4.78, 5) is 26.9. The van der Waals surface area contributed by atoms with Crippen molar-refractivity contribution in [3.05, 3.63) is 39.0 Å². The van der Waals surface area contributed by atoms with Crippen molar-refractivity contribution in [3.8, 4) is 5.75 Å². The van der Waals surface area contributed by atoms with Gasteiger partial charge in [-0.05, 0) is 18.2 Å². The first-order valence-electron chi connectivity index (χ1n) is 4.01. The van der Waals surface area contributed by atoms with Crippen LogP contribution in [0.4, 0.5) is 0 Å². The molecule has 2 N–H and O–H groups in total. The fraction of sp³-hybridized carbons (Fsp3) is 0.111. The van der Waals surface area contributed by atoms with E-state index >= 15 is 0 Å². The van der Waals surface area contributed by atoms with E-state index in [2.05, 4.69) is 9.97 Å². The maximum absolute atomic E-state index is 11.3. The van der Waals surface area contributed by atoms with Gasteiger partial charge in [0.2, 0.25) is 0 Å². The summed E-state index contributed by atoms with van der Waals surface area (Å²) in [6, 6.07) is 4.88. The number of aromatic nitrogens is 2. The number of H-pyrrole nitrogens is 2. The Balaban J connectivity index is 0.00000112. The minimum absolute atomic E-state index is 0. The van der Waals surface area contributed by atoms with Crippen molar-refractivity contribution >= 4 is 23.3 Å². The van der Waals surface area contributed by atoms with Crippen molar-refractivity contribution in [1.29, 1.82) is 0 Å². The number of fused-ring (bicyclic) bond motifs is 1. The van der Waals surface area contributed by atoms with Crippen LogP contribution in [0.5, 0.6) is 5.75 Å². The summed E-state index contributed by atoms with van der Waals surface area (Å²) in [5.41, 5.74) is -0.421. The van der Waals surface area contributed by atoms with Crippen LogP contribution in [0.15, 0.2) is 27.8 Å². The molecule has 1 heterocycles. The highest BCUT2D eigenvalue weighted by molar-refractivity contribution is 5.85. The van der Waals surface area contributed by atoms with Gasteiger partial charge >= 0.3 is 5.69 Å². The van der Waals surface area contributed by atoms with E-state index in [4.69, 9.17) is 4.74 Å². The standard InChI is InChI=1S/C9H8N2O3.ClH/c1-14-5-2-3-7-6(4-5)8(12)11-9(13)10-7;/h2-4H,1H3,(H2,10,11,12,13);1H. The van der Waals surface area contributed by atoms with E-state index in [1.165, 1.54) is 7.11 Å². The van der Waals surface area contributed by atoms with Crippen molar-refractivity contribution in [2.75, 3.05) is 7.11 Å². The average molecular weight is 229 g/mol. The second kappa shape index (κ2) is 4.18. The van der Waals surface area contributed by atoms with Gasteiger partial charge in [-0.3, -0.25) is 9.78 Å². The first kappa shape index (κ1) is 11.3. The van der Waals surface area contributed by atoms with Gasteiger partial charge in [0.25, 0.3) is 5.56 Å². The van der Waals surface area contributed by atoms with Crippen molar-refractivity contribution in [2.45, 2.75) is 0 Å². The summed E-state index contributed by atoms with van der Waals surface area (Å²) >= 11 is 0. The monoisotopic (exact) mass is 228 g/mol. The summed E-state index contributed by atoms with van der Waals surface area (Å²) in [6.07, 6.45) is 0. The quantitative estimate of drug-likeness (QED) is 0.753. The number of ether oxygens (including phenoxy) is 1. The number of rotatable bonds is 1. The Morgan fingerprint density at radius 3 is 2.60 bits per heavy atom. The predicted molar refractivity (Wildman–Crippen MR) is 59.0 cm³/mol. The lowest BCUT2D eigenvalue weighted by molar-refractivity contribution is 0.415. The van der Waals surface area contributed by atoms with E-state index in [0.717, 1.165) is 0 Å². The molecule has 0 atom stereocenters. The molecule has 0 unspecified atom stereocenters. The van der Waals surface area contributed by atoms with Gasteiger partial charge in [0, 0.05) is 0 Å². The topological polar surface area (TPSA) is 75.0 Å². The van der Waals surface area contributed by atoms with Crippen LogP contribution in [-0.2, 0) is 0 Å². The Morgan fingerprint density at radius 2 is 1.93 bits per heavy atom. The van der Waals surface area contributed by atoms with Crippen LogP contribution in [0, 0.1) is 0 Å². The van der Waals surface area contributed by atoms with Crippen LogP contribution in [-0.4, -0.2) is 17.1 Å². The number of halogens is 1. The summed E-state index contributed by atoms with van der Waals surface area (Å²) in [5, 5.41) is 0.406. The molecule has 1 aromatic heterocycles. The zero-order valence-corrected chi connectivity index (χ0v) is 8.68. The molecule has 0 aliphatic carbocycles. The Kier molecular flexibility index (Phi) is 3.16. The zero-order chi connectivity index (χ0) is 10.1. The second-order valence-corrected chi connectivity index (χ2v) is 2.82. The Hall–Kier alpha value is -1.75. The van der Waals surface area contributed by atoms with Crippen molar-refractivity contribution in [3.63, 3.8) is 0 Å². The highest BCUT2D eigenvalue weighted by Gasteiger charge is 2.01. The van der Waals surface area contributed by atoms with Gasteiger partial charge < -0.3 is 9.72 Å². The third-order valence-corrected chi connectivity index (χ3v) is 1.95. The molecule has 0 fully saturated rings. The zero-order valence-electron chi connectivity index (χ0n) is 7.87. The van der Waals surface area contributed by atoms with Crippen LogP contribution in [0.3, 0.4) is 0 Å². The SMILES string of the molecule is COc1ccc2[nH]c(=O)[nH]c(=O)c2c1.Cl. The molecule has 5 nitrogen and oxygen atoms in total. The molecule has 2 rings (SSSR count). The van der Waals surface area contributed by atoms with E-state index in [1.807, 2.05) is 0 Å². The van der Waals surface area contributed by atoms with Gasteiger partial charge in [-0.25, -0.2) is 4.79 Å². The fourth-order valence-electron chi connectivity index (χ4n) is 1.27. The highest BCUT2D eigenvalue weighted by Crippen LogP contribution is 2.14. The molecule has 0 spiro atoms. The molecule has 0 aliphatic heterocycles. The van der Waals surface area contributed by atoms with Crippen molar-refractivity contribution in [2.24, 2.45) is 0 Å². The van der Waals surface area contributed by atoms with Gasteiger partial charge in [0.05, 0.1) is 18.0 Å². The Morgan fingerprint density at radius 1 is 1.20 bits per heavy atom. The summed E-state index contributed by atoms with van der Waals surface area (Å²) in [6.45, 7) is 0. The second-order valence-electron chi connectivity index (χ2n) is 2.82. The largest absolute Gasteiger partial charge is 0.497 e. The maximum Gasteiger partial charge on any atom is 0.326 e. The van der Waals surface area contributed by atoms with E-state index < -0.39 is 11.2 Å². The van der Waals surface area contributed by atoms with Crippen LogP contribution in [0.1, 0.15) is 0 Å². The molecular formula is C9H9ClN2O3. The number of hydrogen-bond acceptors (Lipinski definition) is 3. The molecule has 15 heavy (non-hydrogen) atoms. The van der Waals surface area contributed by atoms with Gasteiger partial charge in [-0.2, -0.15) is 0 Å². The molecular weight excluding hydrogens is 220 g/mol. The molecule has 6 heteroatoms. The van der Waals surface area contributed by atoms with E-state index in [-0.39, 0.29) is 12.4 Å². The lowest BCUT2D eigenvalue weighted by Gasteiger charge is -2.00. The number of nitrogens with one attached hydrogen (secondary N) is 2. The number of hydrogen-bond donors (Lipinski definition) is 2. The molecule has 0 amide bonds. The third-order valence-electron chi connectivity index (χ3n) is 1.95. The minimum Gasteiger partial charge on any atom is -0.497 e. The summed E-state index contributed by atoms with van der Waals surface area (Å²) in [5.74, 6) is 0.579. The first-order chi connectivity index (χ1) is 6.70.